The summed E-state index contributed by atoms with van der Waals surface area (Å²) in [4.78, 5) is 37.4. The van der Waals surface area contributed by atoms with Gasteiger partial charge in [0.05, 0.1) is 12.3 Å². The highest BCUT2D eigenvalue weighted by Crippen LogP contribution is 2.34. The Morgan fingerprint density at radius 2 is 2.13 bits per heavy atom. The van der Waals surface area contributed by atoms with Gasteiger partial charge in [0.2, 0.25) is 5.91 Å². The Hall–Kier alpha value is -2.10. The second-order valence-electron chi connectivity index (χ2n) is 4.95. The highest BCUT2D eigenvalue weighted by atomic mass is 32.2. The van der Waals surface area contributed by atoms with Crippen LogP contribution in [0.25, 0.3) is 0 Å². The van der Waals surface area contributed by atoms with Gasteiger partial charge in [-0.05, 0) is 12.1 Å². The number of hydrogen-bond donors (Lipinski definition) is 4. The van der Waals surface area contributed by atoms with E-state index < -0.39 is 43.0 Å². The molecule has 2 amide bonds. The van der Waals surface area contributed by atoms with Crippen molar-refractivity contribution in [2.45, 2.75) is 17.0 Å². The number of carbonyl (C=O) groups excluding carboxylic acids is 2. The van der Waals surface area contributed by atoms with Gasteiger partial charge >= 0.3 is 5.97 Å². The summed E-state index contributed by atoms with van der Waals surface area (Å²) in [6.45, 7) is -1.05. The summed E-state index contributed by atoms with van der Waals surface area (Å²) >= 11 is 1.34. The van der Waals surface area contributed by atoms with Crippen molar-refractivity contribution in [2.75, 3.05) is 23.8 Å². The lowest BCUT2D eigenvalue weighted by Gasteiger charge is -2.24. The molecule has 0 fully saturated rings. The van der Waals surface area contributed by atoms with Gasteiger partial charge in [-0.15, -0.1) is 11.8 Å². The molecule has 0 bridgehead atoms. The maximum Gasteiger partial charge on any atom is 0.323 e. The molecule has 8 nitrogen and oxygen atoms in total. The molecule has 1 heterocycles. The number of aliphatic hydroxyl groups is 1. The average Bonchev–Trinajstić information content (AvgIpc) is 2.66. The van der Waals surface area contributed by atoms with Crippen molar-refractivity contribution in [3.8, 4) is 0 Å². The predicted octanol–water partition coefficient (Wildman–Crippen LogP) is -0.986. The number of aliphatic carboxylic acids is 1. The van der Waals surface area contributed by atoms with Crippen LogP contribution in [-0.2, 0) is 14.4 Å². The molecule has 5 N–H and O–H groups in total. The highest BCUT2D eigenvalue weighted by molar-refractivity contribution is 7.99. The van der Waals surface area contributed by atoms with Crippen molar-refractivity contribution in [3.63, 3.8) is 0 Å². The van der Waals surface area contributed by atoms with Crippen molar-refractivity contribution in [1.82, 2.24) is 5.32 Å². The van der Waals surface area contributed by atoms with Crippen LogP contribution < -0.4 is 16.0 Å². The third kappa shape index (κ3) is 4.01. The van der Waals surface area contributed by atoms with Crippen LogP contribution in [0.15, 0.2) is 29.2 Å². The third-order valence-corrected chi connectivity index (χ3v) is 4.43. The Balaban J connectivity index is 2.28. The first kappa shape index (κ1) is 17.3. The molecule has 0 aromatic heterocycles. The van der Waals surface area contributed by atoms with Crippen LogP contribution in [-0.4, -0.2) is 59.0 Å². The number of carboxylic acid groups (broad SMARTS) is 1. The highest BCUT2D eigenvalue weighted by Gasteiger charge is 2.33. The molecule has 1 aliphatic heterocycles. The van der Waals surface area contributed by atoms with Crippen LogP contribution in [0.2, 0.25) is 0 Å². The number of thioether (sulfide) groups is 1. The SMILES string of the molecule is N[C@@H](CO)C(=O)N[C@@H]1CSc2ccccc2N(CC(=O)O)C1=O. The summed E-state index contributed by atoms with van der Waals surface area (Å²) in [6.07, 6.45) is 0. The van der Waals surface area contributed by atoms with E-state index in [2.05, 4.69) is 5.32 Å². The molecular formula is C14H17N3O5S. The fourth-order valence-electron chi connectivity index (χ4n) is 2.12. The first-order valence-corrected chi connectivity index (χ1v) is 7.84. The summed E-state index contributed by atoms with van der Waals surface area (Å²) in [5.74, 6) is -2.09. The summed E-state index contributed by atoms with van der Waals surface area (Å²) in [7, 11) is 0. The number of carboxylic acids is 1. The number of aliphatic hydroxyl groups excluding tert-OH is 1. The molecule has 1 aromatic carbocycles. The second kappa shape index (κ2) is 7.44. The number of hydrogen-bond acceptors (Lipinski definition) is 6. The molecule has 2 rings (SSSR count). The summed E-state index contributed by atoms with van der Waals surface area (Å²) < 4.78 is 0. The van der Waals surface area contributed by atoms with Crippen LogP contribution in [0, 0.1) is 0 Å². The Morgan fingerprint density at radius 1 is 1.43 bits per heavy atom. The van der Waals surface area contributed by atoms with Gasteiger partial charge in [-0.25, -0.2) is 0 Å². The molecule has 9 heteroatoms. The number of nitrogens with one attached hydrogen (secondary N) is 1. The number of nitrogens with zero attached hydrogens (tertiary/aromatic N) is 1. The van der Waals surface area contributed by atoms with Crippen molar-refractivity contribution < 1.29 is 24.6 Å². The topological polar surface area (TPSA) is 133 Å². The van der Waals surface area contributed by atoms with E-state index in [9.17, 15) is 14.4 Å². The van der Waals surface area contributed by atoms with Crippen molar-refractivity contribution in [2.24, 2.45) is 5.73 Å². The van der Waals surface area contributed by atoms with Crippen LogP contribution in [0.4, 0.5) is 5.69 Å². The van der Waals surface area contributed by atoms with Gasteiger partial charge in [-0.2, -0.15) is 0 Å². The minimum atomic E-state index is -1.16. The molecular weight excluding hydrogens is 322 g/mol. The monoisotopic (exact) mass is 339 g/mol. The zero-order valence-electron chi connectivity index (χ0n) is 12.1. The van der Waals surface area contributed by atoms with Gasteiger partial charge in [0, 0.05) is 10.6 Å². The number of benzene rings is 1. The average molecular weight is 339 g/mol. The number of fused-ring (bicyclic) bond motifs is 1. The standard InChI is InChI=1S/C14H17N3O5S/c15-8(6-18)13(21)16-9-7-23-11-4-2-1-3-10(11)17(14(9)22)5-12(19)20/h1-4,8-9,18H,5-7,15H2,(H,16,21)(H,19,20)/t8-,9+/m0/s1. The van der Waals surface area contributed by atoms with Crippen molar-refractivity contribution >= 4 is 35.2 Å². The maximum absolute atomic E-state index is 12.6. The van der Waals surface area contributed by atoms with E-state index in [1.165, 1.54) is 11.8 Å². The van der Waals surface area contributed by atoms with E-state index in [4.69, 9.17) is 15.9 Å². The van der Waals surface area contributed by atoms with E-state index in [0.717, 1.165) is 9.80 Å². The van der Waals surface area contributed by atoms with E-state index in [1.54, 1.807) is 24.3 Å². The summed E-state index contributed by atoms with van der Waals surface area (Å²) in [5, 5.41) is 20.4. The molecule has 1 aliphatic rings. The predicted molar refractivity (Wildman–Crippen MR) is 84.1 cm³/mol. The molecule has 1 aromatic rings. The molecule has 0 unspecified atom stereocenters. The van der Waals surface area contributed by atoms with Gasteiger partial charge < -0.3 is 21.3 Å². The van der Waals surface area contributed by atoms with Crippen molar-refractivity contribution in [3.05, 3.63) is 24.3 Å². The Kier molecular flexibility index (Phi) is 5.59. The largest absolute Gasteiger partial charge is 0.480 e. The lowest BCUT2D eigenvalue weighted by Crippen LogP contribution is -2.54. The Morgan fingerprint density at radius 3 is 2.78 bits per heavy atom. The molecule has 23 heavy (non-hydrogen) atoms. The fraction of sp³-hybridized carbons (Fsp3) is 0.357. The van der Waals surface area contributed by atoms with Crippen molar-refractivity contribution in [1.29, 1.82) is 0 Å². The smallest absolute Gasteiger partial charge is 0.323 e. The Labute approximate surface area is 136 Å². The summed E-state index contributed by atoms with van der Waals surface area (Å²) in [5.41, 5.74) is 5.92. The molecule has 124 valence electrons. The molecule has 0 aliphatic carbocycles. The minimum Gasteiger partial charge on any atom is -0.480 e. The quantitative estimate of drug-likeness (QED) is 0.541. The van der Waals surface area contributed by atoms with Gasteiger partial charge in [-0.3, -0.25) is 19.3 Å². The molecule has 0 radical (unpaired) electrons. The van der Waals surface area contributed by atoms with Gasteiger partial charge in [0.15, 0.2) is 0 Å². The Bertz CT molecular complexity index is 624. The molecule has 0 spiro atoms. The zero-order valence-corrected chi connectivity index (χ0v) is 13.0. The van der Waals surface area contributed by atoms with E-state index >= 15 is 0 Å². The summed E-state index contributed by atoms with van der Waals surface area (Å²) in [6, 6.07) is 4.89. The number of rotatable bonds is 5. The van der Waals surface area contributed by atoms with Gasteiger partial charge in [0.25, 0.3) is 5.91 Å². The van der Waals surface area contributed by atoms with Crippen LogP contribution >= 0.6 is 11.8 Å². The van der Waals surface area contributed by atoms with Crippen LogP contribution in [0.3, 0.4) is 0 Å². The van der Waals surface area contributed by atoms with Crippen LogP contribution in [0.5, 0.6) is 0 Å². The second-order valence-corrected chi connectivity index (χ2v) is 6.01. The molecule has 2 atom stereocenters. The number of carbonyl (C=O) groups is 3. The molecule has 0 saturated heterocycles. The number of anilines is 1. The van der Waals surface area contributed by atoms with E-state index in [0.29, 0.717) is 5.69 Å². The number of amides is 2. The maximum atomic E-state index is 12.6. The number of nitrogens with two attached hydrogens (primary N) is 1. The van der Waals surface area contributed by atoms with E-state index in [1.807, 2.05) is 0 Å². The fourth-order valence-corrected chi connectivity index (χ4v) is 3.19. The first-order valence-electron chi connectivity index (χ1n) is 6.86. The number of para-hydroxylation sites is 1. The van der Waals surface area contributed by atoms with E-state index in [-0.39, 0.29) is 5.75 Å². The lowest BCUT2D eigenvalue weighted by atomic mass is 10.2. The first-order chi connectivity index (χ1) is 10.9. The van der Waals surface area contributed by atoms with Gasteiger partial charge in [0.1, 0.15) is 18.6 Å². The van der Waals surface area contributed by atoms with Crippen LogP contribution in [0.1, 0.15) is 0 Å². The lowest BCUT2D eigenvalue weighted by molar-refractivity contribution is -0.137. The molecule has 0 saturated carbocycles. The van der Waals surface area contributed by atoms with Gasteiger partial charge in [-0.1, -0.05) is 12.1 Å². The normalized spacial score (nSPS) is 18.8. The minimum absolute atomic E-state index is 0.246. The zero-order chi connectivity index (χ0) is 17.0. The third-order valence-electron chi connectivity index (χ3n) is 3.27.